The molecule has 2 unspecified atom stereocenters. The van der Waals surface area contributed by atoms with E-state index in [1.54, 1.807) is 24.5 Å². The summed E-state index contributed by atoms with van der Waals surface area (Å²) in [5, 5.41) is 2.69. The molecule has 204 valence electrons. The minimum absolute atomic E-state index is 0.0892. The molecule has 3 N–H and O–H groups in total. The van der Waals surface area contributed by atoms with Crippen molar-refractivity contribution >= 4 is 40.8 Å². The number of primary amides is 1. The maximum absolute atomic E-state index is 12.5. The van der Waals surface area contributed by atoms with Crippen LogP contribution in [0.15, 0.2) is 97.6 Å². The Labute approximate surface area is 235 Å². The average Bonchev–Trinajstić information content (AvgIpc) is 3.47. The topological polar surface area (TPSA) is 152 Å². The van der Waals surface area contributed by atoms with Gasteiger partial charge in [-0.25, -0.2) is 9.69 Å². The van der Waals surface area contributed by atoms with E-state index in [2.05, 4.69) is 15.3 Å². The van der Waals surface area contributed by atoms with E-state index in [0.29, 0.717) is 11.3 Å². The van der Waals surface area contributed by atoms with E-state index in [1.807, 2.05) is 60.7 Å². The number of hydrogen-bond acceptors (Lipinski definition) is 7. The van der Waals surface area contributed by atoms with Gasteiger partial charge in [-0.3, -0.25) is 29.1 Å². The number of nitrogens with one attached hydrogen (secondary N) is 1. The third-order valence-electron chi connectivity index (χ3n) is 6.84. The number of benzene rings is 2. The number of anilines is 2. The molecule has 0 spiro atoms. The molecule has 2 aromatic carbocycles. The van der Waals surface area contributed by atoms with Gasteiger partial charge in [0.2, 0.25) is 11.8 Å². The summed E-state index contributed by atoms with van der Waals surface area (Å²) in [5.41, 5.74) is 9.09. The first-order valence-corrected chi connectivity index (χ1v) is 12.8. The molecular formula is C31H25N5O5. The highest BCUT2D eigenvalue weighted by molar-refractivity contribution is 6.27. The van der Waals surface area contributed by atoms with Crippen molar-refractivity contribution < 1.29 is 24.0 Å². The molecule has 0 saturated heterocycles. The van der Waals surface area contributed by atoms with Crippen LogP contribution in [-0.2, 0) is 32.0 Å². The summed E-state index contributed by atoms with van der Waals surface area (Å²) in [7, 11) is 0. The second kappa shape index (κ2) is 11.7. The zero-order valence-corrected chi connectivity index (χ0v) is 21.8. The highest BCUT2D eigenvalue weighted by atomic mass is 16.2. The molecule has 4 heterocycles. The third kappa shape index (κ3) is 5.62. The molecule has 10 nitrogen and oxygen atoms in total. The average molecular weight is 548 g/mol. The van der Waals surface area contributed by atoms with Crippen LogP contribution < -0.4 is 16.0 Å². The van der Waals surface area contributed by atoms with Gasteiger partial charge in [-0.1, -0.05) is 60.7 Å². The molecule has 0 fully saturated rings. The Morgan fingerprint density at radius 1 is 0.732 bits per heavy atom. The quantitative estimate of drug-likeness (QED) is 0.351. The lowest BCUT2D eigenvalue weighted by Gasteiger charge is -2.12. The number of nitrogens with zero attached hydrogens (tertiary/aromatic N) is 3. The van der Waals surface area contributed by atoms with Crippen molar-refractivity contribution in [2.45, 2.75) is 24.7 Å². The molecule has 4 amide bonds. The number of ketones is 2. The summed E-state index contributed by atoms with van der Waals surface area (Å²) in [6, 6.07) is 21.0. The van der Waals surface area contributed by atoms with Crippen LogP contribution in [0.3, 0.4) is 0 Å². The lowest BCUT2D eigenvalue weighted by molar-refractivity contribution is -0.128. The number of pyridine rings is 2. The van der Waals surface area contributed by atoms with Gasteiger partial charge < -0.3 is 11.1 Å². The lowest BCUT2D eigenvalue weighted by Crippen LogP contribution is -2.40. The van der Waals surface area contributed by atoms with E-state index in [1.165, 1.54) is 12.4 Å². The molecule has 0 radical (unpaired) electrons. The van der Waals surface area contributed by atoms with Gasteiger partial charge in [-0.05, 0) is 34.4 Å². The van der Waals surface area contributed by atoms with Crippen molar-refractivity contribution in [1.82, 2.24) is 9.97 Å². The smallest absolute Gasteiger partial charge is 0.326 e. The number of carbonyl (C=O) groups excluding carboxylic acids is 5. The first-order chi connectivity index (χ1) is 19.8. The minimum Gasteiger partial charge on any atom is -0.351 e. The molecule has 0 saturated carbocycles. The molecule has 2 atom stereocenters. The molecule has 0 aliphatic carbocycles. The van der Waals surface area contributed by atoms with Gasteiger partial charge in [0.15, 0.2) is 11.6 Å². The van der Waals surface area contributed by atoms with Crippen LogP contribution in [0.4, 0.5) is 16.2 Å². The van der Waals surface area contributed by atoms with Crippen LogP contribution in [0.1, 0.15) is 34.1 Å². The Kier molecular flexibility index (Phi) is 7.73. The second-order valence-electron chi connectivity index (χ2n) is 9.52. The van der Waals surface area contributed by atoms with Crippen molar-refractivity contribution in [3.8, 4) is 0 Å². The van der Waals surface area contributed by atoms with E-state index in [9.17, 15) is 24.0 Å². The third-order valence-corrected chi connectivity index (χ3v) is 6.84. The Morgan fingerprint density at radius 3 is 1.85 bits per heavy atom. The number of aromatic nitrogens is 2. The van der Waals surface area contributed by atoms with Crippen molar-refractivity contribution in [2.24, 2.45) is 5.73 Å². The predicted octanol–water partition coefficient (Wildman–Crippen LogP) is 3.33. The van der Waals surface area contributed by atoms with Gasteiger partial charge in [0.1, 0.15) is 11.8 Å². The van der Waals surface area contributed by atoms with Crippen molar-refractivity contribution in [3.63, 3.8) is 0 Å². The van der Waals surface area contributed by atoms with Gasteiger partial charge in [0, 0.05) is 25.2 Å². The number of imide groups is 1. The van der Waals surface area contributed by atoms with Gasteiger partial charge in [-0.2, -0.15) is 0 Å². The van der Waals surface area contributed by atoms with Crippen molar-refractivity contribution in [3.05, 3.63) is 120 Å². The summed E-state index contributed by atoms with van der Waals surface area (Å²) >= 11 is 0. The Morgan fingerprint density at radius 2 is 1.27 bits per heavy atom. The van der Waals surface area contributed by atoms with Gasteiger partial charge >= 0.3 is 6.03 Å². The fraction of sp³-hybridized carbons (Fsp3) is 0.129. The van der Waals surface area contributed by atoms with Gasteiger partial charge in [0.05, 0.1) is 23.8 Å². The van der Waals surface area contributed by atoms with Gasteiger partial charge in [0.25, 0.3) is 0 Å². The van der Waals surface area contributed by atoms with Crippen LogP contribution in [0, 0.1) is 0 Å². The monoisotopic (exact) mass is 547 g/mol. The number of urea groups is 1. The summed E-state index contributed by atoms with van der Waals surface area (Å²) in [6.07, 6.45) is 6.41. The van der Waals surface area contributed by atoms with Crippen molar-refractivity contribution in [2.75, 3.05) is 10.2 Å². The standard InChI is InChI=1S/C16H13N3O3.C15H12N2O2/c17-16(22)19-12-9-18-7-6-11(12)14(15(19)21)13(20)8-10-4-2-1-3-5-10;18-13(8-10-4-2-1-3-5-10)14-11-6-7-16-9-12(11)17-15(14)19/h1-7,9,14H,8H2,(H2,17,22);1-7,9,14H,8H2,(H,17,19). The minimum atomic E-state index is -1.01. The highest BCUT2D eigenvalue weighted by Gasteiger charge is 2.44. The zero-order chi connectivity index (χ0) is 28.9. The van der Waals surface area contributed by atoms with Crippen LogP contribution in [0.2, 0.25) is 0 Å². The summed E-state index contributed by atoms with van der Waals surface area (Å²) in [6.45, 7) is 0. The summed E-state index contributed by atoms with van der Waals surface area (Å²) in [5.74, 6) is -2.95. The molecule has 2 aliphatic rings. The fourth-order valence-electron chi connectivity index (χ4n) is 4.97. The predicted molar refractivity (Wildman–Crippen MR) is 150 cm³/mol. The molecule has 4 aromatic rings. The van der Waals surface area contributed by atoms with Crippen LogP contribution in [0.25, 0.3) is 0 Å². The molecule has 2 aromatic heterocycles. The van der Waals surface area contributed by atoms with E-state index in [-0.39, 0.29) is 36.0 Å². The maximum atomic E-state index is 12.5. The molecular weight excluding hydrogens is 522 g/mol. The SMILES string of the molecule is NC(=O)N1C(=O)C(C(=O)Cc2ccccc2)c2ccncc21.O=C(Cc1ccccc1)C1C(=O)Nc2cnccc21. The Balaban J connectivity index is 0.000000166. The van der Waals surface area contributed by atoms with E-state index in [4.69, 9.17) is 5.73 Å². The number of rotatable bonds is 6. The number of nitrogens with two attached hydrogens (primary N) is 1. The summed E-state index contributed by atoms with van der Waals surface area (Å²) in [4.78, 5) is 69.3. The number of amides is 4. The maximum Gasteiger partial charge on any atom is 0.326 e. The first kappa shape index (κ1) is 27.1. The van der Waals surface area contributed by atoms with Crippen LogP contribution in [0.5, 0.6) is 0 Å². The normalized spacial score (nSPS) is 16.6. The van der Waals surface area contributed by atoms with E-state index >= 15 is 0 Å². The molecule has 10 heteroatoms. The number of hydrogen-bond donors (Lipinski definition) is 2. The lowest BCUT2D eigenvalue weighted by atomic mass is 9.93. The zero-order valence-electron chi connectivity index (χ0n) is 21.8. The number of Topliss-reactive ketones (excluding diaryl/α,β-unsaturated/α-hetero) is 2. The largest absolute Gasteiger partial charge is 0.351 e. The molecule has 6 rings (SSSR count). The first-order valence-electron chi connectivity index (χ1n) is 12.8. The van der Waals surface area contributed by atoms with Crippen LogP contribution in [-0.4, -0.2) is 39.4 Å². The van der Waals surface area contributed by atoms with Crippen LogP contribution >= 0.6 is 0 Å². The Bertz CT molecular complexity index is 1640. The van der Waals surface area contributed by atoms with Gasteiger partial charge in [-0.15, -0.1) is 0 Å². The fourth-order valence-corrected chi connectivity index (χ4v) is 4.97. The van der Waals surface area contributed by atoms with E-state index in [0.717, 1.165) is 21.6 Å². The molecule has 0 bridgehead atoms. The molecule has 41 heavy (non-hydrogen) atoms. The molecule has 2 aliphatic heterocycles. The number of carbonyl (C=O) groups is 5. The van der Waals surface area contributed by atoms with Crippen molar-refractivity contribution in [1.29, 1.82) is 0 Å². The Hall–Kier alpha value is -5.51. The second-order valence-corrected chi connectivity index (χ2v) is 9.52. The highest BCUT2D eigenvalue weighted by Crippen LogP contribution is 2.37. The number of fused-ring (bicyclic) bond motifs is 2. The van der Waals surface area contributed by atoms with E-state index < -0.39 is 23.8 Å². The summed E-state index contributed by atoms with van der Waals surface area (Å²) < 4.78 is 0.